The molecule has 32 heavy (non-hydrogen) atoms. The fourth-order valence-corrected chi connectivity index (χ4v) is 4.06. The summed E-state index contributed by atoms with van der Waals surface area (Å²) in [6.45, 7) is 16.7. The minimum Gasteiger partial charge on any atom is -0.543 e. The Hall–Kier alpha value is -2.31. The van der Waals surface area contributed by atoms with E-state index in [4.69, 9.17) is 9.16 Å². The van der Waals surface area contributed by atoms with Crippen LogP contribution in [0, 0.1) is 0 Å². The molecule has 0 saturated heterocycles. The van der Waals surface area contributed by atoms with Gasteiger partial charge in [0.2, 0.25) is 8.32 Å². The van der Waals surface area contributed by atoms with Crippen LogP contribution >= 0.6 is 0 Å². The molecule has 0 aliphatic carbocycles. The van der Waals surface area contributed by atoms with Crippen LogP contribution in [0.3, 0.4) is 0 Å². The Bertz CT molecular complexity index is 913. The smallest absolute Gasteiger partial charge is 0.407 e. The fraction of sp³-hybridized carbons (Fsp3) is 0.500. The van der Waals surface area contributed by atoms with E-state index in [0.717, 1.165) is 22.4 Å². The second kappa shape index (κ2) is 10.1. The van der Waals surface area contributed by atoms with Gasteiger partial charge in [-0.2, -0.15) is 0 Å². The third-order valence-corrected chi connectivity index (χ3v) is 10.1. The highest BCUT2D eigenvalue weighted by molar-refractivity contribution is 6.74. The molecule has 5 nitrogen and oxygen atoms in total. The first kappa shape index (κ1) is 25.9. The summed E-state index contributed by atoms with van der Waals surface area (Å²) >= 11 is 0. The average Bonchev–Trinajstić information content (AvgIpc) is 2.65. The molecule has 0 bridgehead atoms. The number of hydrogen-bond acceptors (Lipinski definition) is 4. The lowest BCUT2D eigenvalue weighted by Crippen LogP contribution is -2.44. The van der Waals surface area contributed by atoms with Gasteiger partial charge in [0.05, 0.1) is 12.6 Å². The Morgan fingerprint density at radius 2 is 1.53 bits per heavy atom. The van der Waals surface area contributed by atoms with E-state index in [2.05, 4.69) is 45.2 Å². The van der Waals surface area contributed by atoms with Gasteiger partial charge in [-0.25, -0.2) is 4.79 Å². The van der Waals surface area contributed by atoms with Crippen LogP contribution in [0.2, 0.25) is 18.1 Å². The van der Waals surface area contributed by atoms with Crippen LogP contribution in [0.4, 0.5) is 4.79 Å². The topological polar surface area (TPSA) is 67.8 Å². The van der Waals surface area contributed by atoms with E-state index in [1.807, 2.05) is 63.2 Å². The molecule has 0 aliphatic rings. The van der Waals surface area contributed by atoms with Gasteiger partial charge < -0.3 is 19.6 Å². The van der Waals surface area contributed by atoms with Crippen molar-refractivity contribution in [2.75, 3.05) is 6.54 Å². The zero-order valence-electron chi connectivity index (χ0n) is 20.8. The molecule has 1 atom stereocenters. The van der Waals surface area contributed by atoms with Gasteiger partial charge in [-0.15, -0.1) is 0 Å². The van der Waals surface area contributed by atoms with Crippen molar-refractivity contribution < 1.29 is 19.1 Å². The normalized spacial score (nSPS) is 13.4. The number of para-hydroxylation sites is 1. The molecule has 0 aliphatic heterocycles. The molecule has 1 amide bonds. The standard InChI is InChI=1S/C26H39NO4Si/c1-25(2,3)30-24(29)27-18-22(28)21-15-11-9-13-19(21)17-20-14-10-12-16-23(20)31-32(7,8)26(4,5)6/h9-16,22,28H,17-18H2,1-8H3,(H,27,29). The van der Waals surface area contributed by atoms with Crippen molar-refractivity contribution in [3.05, 3.63) is 65.2 Å². The van der Waals surface area contributed by atoms with E-state index >= 15 is 0 Å². The molecule has 2 rings (SSSR count). The Balaban J connectivity index is 2.20. The van der Waals surface area contributed by atoms with Crippen LogP contribution in [0.1, 0.15) is 64.3 Å². The summed E-state index contributed by atoms with van der Waals surface area (Å²) < 4.78 is 11.9. The van der Waals surface area contributed by atoms with Gasteiger partial charge >= 0.3 is 6.09 Å². The van der Waals surface area contributed by atoms with Crippen LogP contribution in [0.25, 0.3) is 0 Å². The lowest BCUT2D eigenvalue weighted by atomic mass is 9.96. The van der Waals surface area contributed by atoms with Crippen LogP contribution in [-0.2, 0) is 11.2 Å². The van der Waals surface area contributed by atoms with E-state index < -0.39 is 26.1 Å². The number of aliphatic hydroxyl groups is 1. The number of carbonyl (C=O) groups excluding carboxylic acids is 1. The van der Waals surface area contributed by atoms with Crippen molar-refractivity contribution in [3.63, 3.8) is 0 Å². The molecule has 2 N–H and O–H groups in total. The first-order chi connectivity index (χ1) is 14.7. The van der Waals surface area contributed by atoms with E-state index in [0.29, 0.717) is 6.42 Å². The van der Waals surface area contributed by atoms with Crippen LogP contribution in [0.15, 0.2) is 48.5 Å². The largest absolute Gasteiger partial charge is 0.543 e. The molecule has 0 aromatic heterocycles. The Labute approximate surface area is 194 Å². The molecule has 0 saturated carbocycles. The molecule has 6 heteroatoms. The minimum absolute atomic E-state index is 0.0774. The maximum Gasteiger partial charge on any atom is 0.407 e. The van der Waals surface area contributed by atoms with Crippen molar-refractivity contribution in [2.45, 2.75) is 77.8 Å². The van der Waals surface area contributed by atoms with Gasteiger partial charge in [-0.1, -0.05) is 63.2 Å². The van der Waals surface area contributed by atoms with E-state index in [9.17, 15) is 9.90 Å². The quantitative estimate of drug-likeness (QED) is 0.484. The zero-order chi connectivity index (χ0) is 24.2. The van der Waals surface area contributed by atoms with Gasteiger partial charge in [-0.05, 0) is 61.7 Å². The lowest BCUT2D eigenvalue weighted by molar-refractivity contribution is 0.0491. The number of ether oxygens (including phenoxy) is 1. The van der Waals surface area contributed by atoms with Crippen molar-refractivity contribution >= 4 is 14.4 Å². The number of nitrogens with one attached hydrogen (secondary N) is 1. The third-order valence-electron chi connectivity index (χ3n) is 5.78. The minimum atomic E-state index is -1.99. The zero-order valence-corrected chi connectivity index (χ0v) is 21.8. The van der Waals surface area contributed by atoms with Gasteiger partial charge in [0.1, 0.15) is 11.4 Å². The maximum absolute atomic E-state index is 12.0. The lowest BCUT2D eigenvalue weighted by Gasteiger charge is -2.37. The second-order valence-electron chi connectivity index (χ2n) is 10.7. The Morgan fingerprint density at radius 3 is 2.12 bits per heavy atom. The first-order valence-corrected chi connectivity index (χ1v) is 14.1. The van der Waals surface area contributed by atoms with Crippen molar-refractivity contribution in [1.82, 2.24) is 5.32 Å². The average molecular weight is 458 g/mol. The highest BCUT2D eigenvalue weighted by Gasteiger charge is 2.39. The molecule has 0 fully saturated rings. The number of aliphatic hydroxyl groups excluding tert-OH is 1. The monoisotopic (exact) mass is 457 g/mol. The van der Waals surface area contributed by atoms with Crippen LogP contribution in [0.5, 0.6) is 5.75 Å². The van der Waals surface area contributed by atoms with Crippen LogP contribution in [-0.4, -0.2) is 31.7 Å². The predicted octanol–water partition coefficient (Wildman–Crippen LogP) is 6.22. The molecule has 2 aromatic rings. The fourth-order valence-electron chi connectivity index (χ4n) is 3.01. The number of alkyl carbamates (subject to hydrolysis) is 1. The summed E-state index contributed by atoms with van der Waals surface area (Å²) in [6.07, 6.45) is -0.751. The summed E-state index contributed by atoms with van der Waals surface area (Å²) in [5.74, 6) is 0.898. The first-order valence-electron chi connectivity index (χ1n) is 11.2. The molecule has 176 valence electrons. The number of benzene rings is 2. The molecule has 0 heterocycles. The van der Waals surface area contributed by atoms with Crippen molar-refractivity contribution in [2.24, 2.45) is 0 Å². The second-order valence-corrected chi connectivity index (χ2v) is 15.5. The summed E-state index contributed by atoms with van der Waals surface area (Å²) in [4.78, 5) is 12.0. The van der Waals surface area contributed by atoms with Gasteiger partial charge in [0.15, 0.2) is 0 Å². The number of rotatable bonds is 7. The third kappa shape index (κ3) is 7.38. The Morgan fingerprint density at radius 1 is 0.969 bits per heavy atom. The molecular weight excluding hydrogens is 418 g/mol. The van der Waals surface area contributed by atoms with E-state index in [1.165, 1.54) is 0 Å². The molecule has 0 spiro atoms. The van der Waals surface area contributed by atoms with Gasteiger partial charge in [-0.3, -0.25) is 0 Å². The number of amides is 1. The molecular formula is C26H39NO4Si. The molecule has 2 aromatic carbocycles. The van der Waals surface area contributed by atoms with Gasteiger partial charge in [0.25, 0.3) is 0 Å². The van der Waals surface area contributed by atoms with E-state index in [-0.39, 0.29) is 11.6 Å². The summed E-state index contributed by atoms with van der Waals surface area (Å²) in [5, 5.41) is 13.6. The van der Waals surface area contributed by atoms with Gasteiger partial charge in [0, 0.05) is 6.42 Å². The highest BCUT2D eigenvalue weighted by Crippen LogP contribution is 2.38. The van der Waals surface area contributed by atoms with Crippen LogP contribution < -0.4 is 9.74 Å². The highest BCUT2D eigenvalue weighted by atomic mass is 28.4. The maximum atomic E-state index is 12.0. The van der Waals surface area contributed by atoms with Crippen molar-refractivity contribution in [3.8, 4) is 5.75 Å². The molecule has 0 radical (unpaired) electrons. The predicted molar refractivity (Wildman–Crippen MR) is 133 cm³/mol. The SMILES string of the molecule is CC(C)(C)OC(=O)NCC(O)c1ccccc1Cc1ccccc1O[Si](C)(C)C(C)(C)C. The molecule has 1 unspecified atom stereocenters. The summed E-state index contributed by atoms with van der Waals surface area (Å²) in [7, 11) is -1.99. The number of carbonyl (C=O) groups is 1. The number of hydrogen-bond donors (Lipinski definition) is 2. The van der Waals surface area contributed by atoms with Crippen molar-refractivity contribution in [1.29, 1.82) is 0 Å². The summed E-state index contributed by atoms with van der Waals surface area (Å²) in [6, 6.07) is 15.9. The summed E-state index contributed by atoms with van der Waals surface area (Å²) in [5.41, 5.74) is 2.28. The van der Waals surface area contributed by atoms with E-state index in [1.54, 1.807) is 0 Å². The Kier molecular flexibility index (Phi) is 8.18.